The number of halogens is 1. The highest BCUT2D eigenvalue weighted by molar-refractivity contribution is 6.02. The molecule has 0 fully saturated rings. The standard InChI is InChI=1S/C18H18FNO3/c1-12-7-9-14(19)11-15(12)20-17(21)10-8-13-5-4-6-16(22-2)18(13)23-3/h4-11H,1-3H3,(H,20,21). The summed E-state index contributed by atoms with van der Waals surface area (Å²) in [4.78, 5) is 12.0. The van der Waals surface area contributed by atoms with Crippen LogP contribution in [0.5, 0.6) is 11.5 Å². The number of rotatable bonds is 5. The number of carbonyl (C=O) groups is 1. The van der Waals surface area contributed by atoms with Crippen LogP contribution in [0.15, 0.2) is 42.5 Å². The molecule has 0 radical (unpaired) electrons. The molecule has 2 aromatic carbocycles. The number of para-hydroxylation sites is 1. The van der Waals surface area contributed by atoms with Crippen molar-refractivity contribution in [1.82, 2.24) is 0 Å². The molecule has 0 aliphatic rings. The van der Waals surface area contributed by atoms with Crippen LogP contribution in [0.1, 0.15) is 11.1 Å². The van der Waals surface area contributed by atoms with Gasteiger partial charge in [0.2, 0.25) is 5.91 Å². The van der Waals surface area contributed by atoms with Gasteiger partial charge in [0.1, 0.15) is 5.82 Å². The minimum Gasteiger partial charge on any atom is -0.493 e. The van der Waals surface area contributed by atoms with E-state index in [2.05, 4.69) is 5.32 Å². The first-order valence-corrected chi connectivity index (χ1v) is 7.01. The molecule has 0 saturated heterocycles. The van der Waals surface area contributed by atoms with Crippen molar-refractivity contribution in [1.29, 1.82) is 0 Å². The van der Waals surface area contributed by atoms with E-state index in [0.29, 0.717) is 22.7 Å². The number of anilines is 1. The van der Waals surface area contributed by atoms with Crippen LogP contribution in [0.4, 0.5) is 10.1 Å². The normalized spacial score (nSPS) is 10.6. The van der Waals surface area contributed by atoms with Gasteiger partial charge < -0.3 is 14.8 Å². The zero-order valence-electron chi connectivity index (χ0n) is 13.2. The molecule has 5 heteroatoms. The molecule has 23 heavy (non-hydrogen) atoms. The first-order valence-electron chi connectivity index (χ1n) is 7.01. The molecular formula is C18H18FNO3. The van der Waals surface area contributed by atoms with Crippen LogP contribution in [0, 0.1) is 12.7 Å². The fourth-order valence-corrected chi connectivity index (χ4v) is 2.11. The SMILES string of the molecule is COc1cccc(C=CC(=O)Nc2cc(F)ccc2C)c1OC. The first kappa shape index (κ1) is 16.5. The summed E-state index contributed by atoms with van der Waals surface area (Å²) in [6.07, 6.45) is 2.98. The smallest absolute Gasteiger partial charge is 0.248 e. The van der Waals surface area contributed by atoms with Crippen LogP contribution in [-0.4, -0.2) is 20.1 Å². The van der Waals surface area contributed by atoms with Crippen molar-refractivity contribution >= 4 is 17.7 Å². The monoisotopic (exact) mass is 315 g/mol. The van der Waals surface area contributed by atoms with E-state index in [1.807, 2.05) is 0 Å². The fourth-order valence-electron chi connectivity index (χ4n) is 2.11. The Balaban J connectivity index is 2.17. The van der Waals surface area contributed by atoms with E-state index in [1.165, 1.54) is 25.3 Å². The molecule has 1 N–H and O–H groups in total. The Morgan fingerprint density at radius 1 is 1.17 bits per heavy atom. The number of nitrogens with one attached hydrogen (secondary N) is 1. The van der Waals surface area contributed by atoms with Crippen molar-refractivity contribution in [2.45, 2.75) is 6.92 Å². The minimum absolute atomic E-state index is 0.358. The van der Waals surface area contributed by atoms with Crippen LogP contribution >= 0.6 is 0 Å². The Hall–Kier alpha value is -2.82. The third-order valence-corrected chi connectivity index (χ3v) is 3.31. The van der Waals surface area contributed by atoms with Crippen molar-refractivity contribution < 1.29 is 18.7 Å². The summed E-state index contributed by atoms with van der Waals surface area (Å²) >= 11 is 0. The van der Waals surface area contributed by atoms with Crippen LogP contribution < -0.4 is 14.8 Å². The number of methoxy groups -OCH3 is 2. The lowest BCUT2D eigenvalue weighted by molar-refractivity contribution is -0.111. The van der Waals surface area contributed by atoms with Crippen molar-refractivity contribution in [2.24, 2.45) is 0 Å². The average molecular weight is 315 g/mol. The quantitative estimate of drug-likeness (QED) is 0.854. The van der Waals surface area contributed by atoms with Gasteiger partial charge in [-0.1, -0.05) is 18.2 Å². The van der Waals surface area contributed by atoms with Gasteiger partial charge in [-0.2, -0.15) is 0 Å². The summed E-state index contributed by atoms with van der Waals surface area (Å²) < 4.78 is 23.7. The third kappa shape index (κ3) is 4.10. The van der Waals surface area contributed by atoms with E-state index in [9.17, 15) is 9.18 Å². The van der Waals surface area contributed by atoms with Gasteiger partial charge in [-0.15, -0.1) is 0 Å². The van der Waals surface area contributed by atoms with Gasteiger partial charge in [0.05, 0.1) is 14.2 Å². The van der Waals surface area contributed by atoms with Crippen molar-refractivity contribution in [3.63, 3.8) is 0 Å². The Labute approximate surface area is 134 Å². The molecule has 0 unspecified atom stereocenters. The maximum atomic E-state index is 13.2. The number of hydrogen-bond acceptors (Lipinski definition) is 3. The molecule has 0 aromatic heterocycles. The van der Waals surface area contributed by atoms with Crippen LogP contribution in [0.25, 0.3) is 6.08 Å². The van der Waals surface area contributed by atoms with Crippen LogP contribution in [0.2, 0.25) is 0 Å². The molecule has 0 heterocycles. The number of hydrogen-bond donors (Lipinski definition) is 1. The molecule has 120 valence electrons. The van der Waals surface area contributed by atoms with E-state index < -0.39 is 5.82 Å². The predicted molar refractivity (Wildman–Crippen MR) is 88.3 cm³/mol. The first-order chi connectivity index (χ1) is 11.0. The highest BCUT2D eigenvalue weighted by Gasteiger charge is 2.08. The predicted octanol–water partition coefficient (Wildman–Crippen LogP) is 3.80. The van der Waals surface area contributed by atoms with Crippen molar-refractivity contribution in [2.75, 3.05) is 19.5 Å². The lowest BCUT2D eigenvalue weighted by Gasteiger charge is -2.10. The Morgan fingerprint density at radius 2 is 1.96 bits per heavy atom. The molecule has 2 aromatic rings. The zero-order chi connectivity index (χ0) is 16.8. The summed E-state index contributed by atoms with van der Waals surface area (Å²) in [6, 6.07) is 9.62. The third-order valence-electron chi connectivity index (χ3n) is 3.31. The fraction of sp³-hybridized carbons (Fsp3) is 0.167. The molecule has 0 saturated carbocycles. The van der Waals surface area contributed by atoms with Crippen molar-refractivity contribution in [3.05, 3.63) is 59.4 Å². The number of aryl methyl sites for hydroxylation is 1. The summed E-state index contributed by atoms with van der Waals surface area (Å²) in [5.41, 5.74) is 1.93. The molecule has 0 atom stereocenters. The van der Waals surface area contributed by atoms with E-state index in [0.717, 1.165) is 5.56 Å². The Bertz CT molecular complexity index is 741. The second-order valence-electron chi connectivity index (χ2n) is 4.86. The highest BCUT2D eigenvalue weighted by atomic mass is 19.1. The van der Waals surface area contributed by atoms with Gasteiger partial charge >= 0.3 is 0 Å². The van der Waals surface area contributed by atoms with E-state index in [1.54, 1.807) is 44.4 Å². The lowest BCUT2D eigenvalue weighted by atomic mass is 10.1. The van der Waals surface area contributed by atoms with E-state index in [4.69, 9.17) is 9.47 Å². The summed E-state index contributed by atoms with van der Waals surface area (Å²) in [6.45, 7) is 1.80. The molecule has 0 aliphatic carbocycles. The number of amides is 1. The Morgan fingerprint density at radius 3 is 2.65 bits per heavy atom. The summed E-state index contributed by atoms with van der Waals surface area (Å²) in [7, 11) is 3.08. The van der Waals surface area contributed by atoms with Gasteiger partial charge in [0.15, 0.2) is 11.5 Å². The molecule has 0 aliphatic heterocycles. The summed E-state index contributed by atoms with van der Waals surface area (Å²) in [5.74, 6) is 0.366. The largest absolute Gasteiger partial charge is 0.493 e. The topological polar surface area (TPSA) is 47.6 Å². The molecule has 4 nitrogen and oxygen atoms in total. The molecule has 2 rings (SSSR count). The van der Waals surface area contributed by atoms with Crippen LogP contribution in [0.3, 0.4) is 0 Å². The summed E-state index contributed by atoms with van der Waals surface area (Å²) in [5, 5.41) is 2.65. The van der Waals surface area contributed by atoms with Gasteiger partial charge in [-0.05, 0) is 36.8 Å². The minimum atomic E-state index is -0.399. The number of benzene rings is 2. The number of ether oxygens (including phenoxy) is 2. The second kappa shape index (κ2) is 7.45. The highest BCUT2D eigenvalue weighted by Crippen LogP contribution is 2.31. The van der Waals surface area contributed by atoms with Crippen molar-refractivity contribution in [3.8, 4) is 11.5 Å². The maximum Gasteiger partial charge on any atom is 0.248 e. The second-order valence-corrected chi connectivity index (χ2v) is 4.86. The maximum absolute atomic E-state index is 13.2. The lowest BCUT2D eigenvalue weighted by Crippen LogP contribution is -2.09. The van der Waals surface area contributed by atoms with E-state index >= 15 is 0 Å². The van der Waals surface area contributed by atoms with E-state index in [-0.39, 0.29) is 5.91 Å². The molecule has 0 spiro atoms. The zero-order valence-corrected chi connectivity index (χ0v) is 13.2. The molecule has 1 amide bonds. The van der Waals surface area contributed by atoms with Gasteiger partial charge in [-0.3, -0.25) is 4.79 Å². The van der Waals surface area contributed by atoms with Gasteiger partial charge in [-0.25, -0.2) is 4.39 Å². The average Bonchev–Trinajstić information content (AvgIpc) is 2.55. The van der Waals surface area contributed by atoms with Gasteiger partial charge in [0.25, 0.3) is 0 Å². The van der Waals surface area contributed by atoms with Gasteiger partial charge in [0, 0.05) is 17.3 Å². The molecule has 0 bridgehead atoms. The number of carbonyl (C=O) groups excluding carboxylic acids is 1. The molecular weight excluding hydrogens is 297 g/mol. The Kier molecular flexibility index (Phi) is 5.36. The van der Waals surface area contributed by atoms with Crippen LogP contribution in [-0.2, 0) is 4.79 Å².